The number of hydrogen-bond donors (Lipinski definition) is 1. The number of carbonyl (C=O) groups excluding carboxylic acids is 1. The van der Waals surface area contributed by atoms with Gasteiger partial charge in [0.1, 0.15) is 6.33 Å². The highest BCUT2D eigenvalue weighted by molar-refractivity contribution is 5.90. The molecule has 0 atom stereocenters. The average molecular weight is 225 g/mol. The van der Waals surface area contributed by atoms with Gasteiger partial charge in [0, 0.05) is 33.2 Å². The molecule has 0 unspecified atom stereocenters. The molecule has 16 heavy (non-hydrogen) atoms. The molecule has 1 aliphatic rings. The summed E-state index contributed by atoms with van der Waals surface area (Å²) < 4.78 is 1.64. The van der Waals surface area contributed by atoms with Crippen LogP contribution in [0.2, 0.25) is 0 Å². The van der Waals surface area contributed by atoms with E-state index in [1.807, 2.05) is 13.8 Å². The summed E-state index contributed by atoms with van der Waals surface area (Å²) in [5, 5.41) is 10.7. The van der Waals surface area contributed by atoms with Crippen molar-refractivity contribution >= 4 is 5.91 Å². The van der Waals surface area contributed by atoms with Crippen LogP contribution in [0.4, 0.5) is 0 Å². The number of hydrogen-bond acceptors (Lipinski definition) is 4. The number of amides is 1. The topological polar surface area (TPSA) is 63.1 Å². The summed E-state index contributed by atoms with van der Waals surface area (Å²) in [6.07, 6.45) is 1.54. The summed E-state index contributed by atoms with van der Waals surface area (Å²) in [6.45, 7) is 7.19. The van der Waals surface area contributed by atoms with Gasteiger partial charge in [-0.05, 0) is 0 Å². The molecule has 2 heterocycles. The number of rotatable bonds is 1. The van der Waals surface area contributed by atoms with Gasteiger partial charge in [0.2, 0.25) is 5.82 Å². The van der Waals surface area contributed by atoms with Crippen molar-refractivity contribution in [2.24, 2.45) is 7.05 Å². The van der Waals surface area contributed by atoms with Crippen LogP contribution in [0.1, 0.15) is 24.5 Å². The van der Waals surface area contributed by atoms with Gasteiger partial charge in [-0.25, -0.2) is 0 Å². The zero-order valence-electron chi connectivity index (χ0n) is 10.1. The lowest BCUT2D eigenvalue weighted by Crippen LogP contribution is -2.47. The van der Waals surface area contributed by atoms with Crippen LogP contribution in [0.15, 0.2) is 6.33 Å². The number of carbonyl (C=O) groups is 1. The number of aryl methyl sites for hydroxylation is 1. The van der Waals surface area contributed by atoms with Crippen molar-refractivity contribution in [3.8, 4) is 0 Å². The van der Waals surface area contributed by atoms with Crippen molar-refractivity contribution in [3.63, 3.8) is 0 Å². The third kappa shape index (κ3) is 2.79. The number of aromatic nitrogens is 3. The number of nitrogens with zero attached hydrogens (tertiary/aromatic N) is 4. The van der Waals surface area contributed by atoms with Gasteiger partial charge in [-0.3, -0.25) is 4.79 Å². The molecular formula is C10H19N5O. The Morgan fingerprint density at radius 1 is 1.38 bits per heavy atom. The molecule has 0 spiro atoms. The fourth-order valence-electron chi connectivity index (χ4n) is 1.49. The Morgan fingerprint density at radius 2 is 2.00 bits per heavy atom. The van der Waals surface area contributed by atoms with Gasteiger partial charge in [-0.2, -0.15) is 0 Å². The largest absolute Gasteiger partial charge is 0.333 e. The average Bonchev–Trinajstić information content (AvgIpc) is 2.78. The minimum Gasteiger partial charge on any atom is -0.333 e. The van der Waals surface area contributed by atoms with Crippen molar-refractivity contribution in [1.82, 2.24) is 25.0 Å². The monoisotopic (exact) mass is 225 g/mol. The van der Waals surface area contributed by atoms with Crippen molar-refractivity contribution in [2.75, 3.05) is 26.2 Å². The molecule has 1 fully saturated rings. The van der Waals surface area contributed by atoms with E-state index in [9.17, 15) is 4.79 Å². The SMILES string of the molecule is CC.Cn1cnnc1C(=O)N1CCNCC1. The van der Waals surface area contributed by atoms with E-state index in [1.54, 1.807) is 16.5 Å². The van der Waals surface area contributed by atoms with E-state index in [1.165, 1.54) is 6.33 Å². The lowest BCUT2D eigenvalue weighted by Gasteiger charge is -2.26. The van der Waals surface area contributed by atoms with Crippen LogP contribution in [-0.4, -0.2) is 51.8 Å². The fourth-order valence-corrected chi connectivity index (χ4v) is 1.49. The van der Waals surface area contributed by atoms with E-state index in [0.717, 1.165) is 26.2 Å². The molecular weight excluding hydrogens is 206 g/mol. The molecule has 1 amide bonds. The summed E-state index contributed by atoms with van der Waals surface area (Å²) >= 11 is 0. The normalized spacial score (nSPS) is 15.3. The summed E-state index contributed by atoms with van der Waals surface area (Å²) in [4.78, 5) is 13.6. The first-order valence-corrected chi connectivity index (χ1v) is 5.63. The first-order chi connectivity index (χ1) is 7.79. The predicted octanol–water partition coefficient (Wildman–Crippen LogP) is -0.113. The Hall–Kier alpha value is -1.43. The van der Waals surface area contributed by atoms with Crippen molar-refractivity contribution < 1.29 is 4.79 Å². The van der Waals surface area contributed by atoms with Crippen LogP contribution >= 0.6 is 0 Å². The van der Waals surface area contributed by atoms with E-state index < -0.39 is 0 Å². The molecule has 0 saturated carbocycles. The smallest absolute Gasteiger partial charge is 0.291 e. The summed E-state index contributed by atoms with van der Waals surface area (Å²) in [5.74, 6) is 0.374. The third-order valence-electron chi connectivity index (χ3n) is 2.31. The van der Waals surface area contributed by atoms with Crippen LogP contribution < -0.4 is 5.32 Å². The maximum atomic E-state index is 11.9. The molecule has 0 aliphatic carbocycles. The molecule has 0 radical (unpaired) electrons. The van der Waals surface area contributed by atoms with Crippen LogP contribution in [0.25, 0.3) is 0 Å². The Labute approximate surface area is 95.6 Å². The predicted molar refractivity (Wildman–Crippen MR) is 61.1 cm³/mol. The van der Waals surface area contributed by atoms with Crippen molar-refractivity contribution in [1.29, 1.82) is 0 Å². The van der Waals surface area contributed by atoms with E-state index in [0.29, 0.717) is 5.82 Å². The lowest BCUT2D eigenvalue weighted by atomic mass is 10.3. The van der Waals surface area contributed by atoms with Crippen LogP contribution in [-0.2, 0) is 7.05 Å². The second-order valence-corrected chi connectivity index (χ2v) is 3.31. The van der Waals surface area contributed by atoms with Crippen molar-refractivity contribution in [3.05, 3.63) is 12.2 Å². The molecule has 0 aromatic carbocycles. The van der Waals surface area contributed by atoms with Gasteiger partial charge in [-0.1, -0.05) is 13.8 Å². The Kier molecular flexibility index (Phi) is 4.91. The standard InChI is InChI=1S/C8H13N5O.C2H6/c1-12-6-10-11-7(12)8(14)13-4-2-9-3-5-13;1-2/h6,9H,2-5H2,1H3;1-2H3. The highest BCUT2D eigenvalue weighted by atomic mass is 16.2. The highest BCUT2D eigenvalue weighted by Gasteiger charge is 2.21. The fraction of sp³-hybridized carbons (Fsp3) is 0.700. The lowest BCUT2D eigenvalue weighted by molar-refractivity contribution is 0.0719. The Bertz CT molecular complexity index is 330. The summed E-state index contributed by atoms with van der Waals surface area (Å²) in [5.41, 5.74) is 0. The quantitative estimate of drug-likeness (QED) is 0.724. The van der Waals surface area contributed by atoms with Gasteiger partial charge in [0.25, 0.3) is 5.91 Å². The molecule has 6 heteroatoms. The van der Waals surface area contributed by atoms with E-state index in [4.69, 9.17) is 0 Å². The first-order valence-electron chi connectivity index (χ1n) is 5.63. The van der Waals surface area contributed by atoms with E-state index >= 15 is 0 Å². The summed E-state index contributed by atoms with van der Waals surface area (Å²) in [7, 11) is 1.77. The van der Waals surface area contributed by atoms with Crippen LogP contribution in [0.3, 0.4) is 0 Å². The zero-order chi connectivity index (χ0) is 12.0. The molecule has 1 aromatic rings. The molecule has 90 valence electrons. The molecule has 2 rings (SSSR count). The van der Waals surface area contributed by atoms with E-state index in [-0.39, 0.29) is 5.91 Å². The Balaban J connectivity index is 0.000000606. The number of piperazine rings is 1. The molecule has 1 aliphatic heterocycles. The minimum absolute atomic E-state index is 0.0356. The van der Waals surface area contributed by atoms with Crippen LogP contribution in [0, 0.1) is 0 Å². The van der Waals surface area contributed by atoms with Gasteiger partial charge in [-0.15, -0.1) is 10.2 Å². The van der Waals surface area contributed by atoms with Crippen LogP contribution in [0.5, 0.6) is 0 Å². The molecule has 1 saturated heterocycles. The minimum atomic E-state index is -0.0356. The summed E-state index contributed by atoms with van der Waals surface area (Å²) in [6, 6.07) is 0. The van der Waals surface area contributed by atoms with Crippen molar-refractivity contribution in [2.45, 2.75) is 13.8 Å². The second-order valence-electron chi connectivity index (χ2n) is 3.31. The molecule has 6 nitrogen and oxygen atoms in total. The maximum Gasteiger partial charge on any atom is 0.291 e. The molecule has 1 N–H and O–H groups in total. The Morgan fingerprint density at radius 3 is 2.50 bits per heavy atom. The highest BCUT2D eigenvalue weighted by Crippen LogP contribution is 2.01. The van der Waals surface area contributed by atoms with Gasteiger partial charge in [0.15, 0.2) is 0 Å². The van der Waals surface area contributed by atoms with E-state index in [2.05, 4.69) is 15.5 Å². The second kappa shape index (κ2) is 6.22. The van der Waals surface area contributed by atoms with Gasteiger partial charge < -0.3 is 14.8 Å². The van der Waals surface area contributed by atoms with Gasteiger partial charge >= 0.3 is 0 Å². The molecule has 0 bridgehead atoms. The maximum absolute atomic E-state index is 11.9. The third-order valence-corrected chi connectivity index (χ3v) is 2.31. The number of nitrogens with one attached hydrogen (secondary N) is 1. The zero-order valence-corrected chi connectivity index (χ0v) is 10.1. The molecule has 1 aromatic heterocycles. The van der Waals surface area contributed by atoms with Gasteiger partial charge in [0.05, 0.1) is 0 Å². The first kappa shape index (κ1) is 12.6.